The summed E-state index contributed by atoms with van der Waals surface area (Å²) in [6.45, 7) is 8.95. The van der Waals surface area contributed by atoms with Crippen molar-refractivity contribution >= 4 is 43.6 Å². The van der Waals surface area contributed by atoms with Gasteiger partial charge in [0.1, 0.15) is 0 Å². The average Bonchev–Trinajstić information content (AvgIpc) is 3.59. The van der Waals surface area contributed by atoms with Crippen molar-refractivity contribution in [1.29, 1.82) is 0 Å². The fraction of sp³-hybridized carbons (Fsp3) is 0.143. The minimum absolute atomic E-state index is 0.475. The van der Waals surface area contributed by atoms with Crippen molar-refractivity contribution in [2.45, 2.75) is 40.0 Å². The third-order valence-electron chi connectivity index (χ3n) is 9.10. The Morgan fingerprint density at radius 1 is 0.614 bits per heavy atom. The summed E-state index contributed by atoms with van der Waals surface area (Å²) in [6, 6.07) is 48.0. The summed E-state index contributed by atoms with van der Waals surface area (Å²) in [4.78, 5) is 3.79. The van der Waals surface area contributed by atoms with E-state index in [1.54, 1.807) is 0 Å². The van der Waals surface area contributed by atoms with E-state index in [1.165, 1.54) is 77.1 Å². The minimum atomic E-state index is 0.475. The van der Waals surface area contributed by atoms with Crippen LogP contribution in [0.25, 0.3) is 60.4 Å². The predicted octanol–water partition coefficient (Wildman–Crippen LogP) is 11.9. The Bertz CT molecular complexity index is 2230. The molecule has 0 radical (unpaired) electrons. The molecule has 0 aliphatic carbocycles. The van der Waals surface area contributed by atoms with Crippen LogP contribution in [0.4, 0.5) is 0 Å². The van der Waals surface area contributed by atoms with Crippen LogP contribution in [0.5, 0.6) is 0 Å². The average molecular weight is 571 g/mol. The summed E-state index contributed by atoms with van der Waals surface area (Å²) < 4.78 is 2.41. The Kier molecular flexibility index (Phi) is 7.28. The molecule has 0 aliphatic heterocycles. The predicted molar refractivity (Wildman–Crippen MR) is 190 cm³/mol. The monoisotopic (exact) mass is 570 g/mol. The normalized spacial score (nSPS) is 12.1. The fourth-order valence-corrected chi connectivity index (χ4v) is 6.64. The van der Waals surface area contributed by atoms with Crippen molar-refractivity contribution < 1.29 is 0 Å². The van der Waals surface area contributed by atoms with Gasteiger partial charge in [0, 0.05) is 38.3 Å². The molecule has 216 valence electrons. The molecule has 0 aliphatic rings. The lowest BCUT2D eigenvalue weighted by molar-refractivity contribution is 0.736. The molecule has 0 amide bonds. The maximum absolute atomic E-state index is 3.79. The summed E-state index contributed by atoms with van der Waals surface area (Å²) in [5.74, 6) is 0.475. The summed E-state index contributed by atoms with van der Waals surface area (Å²) in [5, 5.41) is 5.17. The molecule has 1 atom stereocenters. The number of benzene rings is 6. The van der Waals surface area contributed by atoms with Gasteiger partial charge in [-0.1, -0.05) is 116 Å². The van der Waals surface area contributed by atoms with Crippen molar-refractivity contribution in [1.82, 2.24) is 9.55 Å². The molecule has 1 unspecified atom stereocenters. The standard InChI is InChI=1S/C35H30N2.C7H8/c1-4-22(2)26-18-19-30-35(34(26)25-15-9-8-12-23(25)3)29-21-33-28(20-31(29)36-30)27-16-10-11-17-32(27)37(33)24-13-6-5-7-14-24;1-7-5-3-2-4-6-7/h5-22,36H,4H2,1-3H3;2-6H,1H3. The van der Waals surface area contributed by atoms with Gasteiger partial charge in [-0.15, -0.1) is 0 Å². The lowest BCUT2D eigenvalue weighted by atomic mass is 9.85. The number of fused-ring (bicyclic) bond motifs is 6. The zero-order chi connectivity index (χ0) is 30.2. The maximum atomic E-state index is 3.79. The molecule has 8 aromatic rings. The molecule has 0 bridgehead atoms. The first-order chi connectivity index (χ1) is 21.5. The number of aromatic nitrogens is 2. The second-order valence-electron chi connectivity index (χ2n) is 12.0. The molecule has 8 rings (SSSR count). The number of aromatic amines is 1. The zero-order valence-corrected chi connectivity index (χ0v) is 25.9. The first-order valence-electron chi connectivity index (χ1n) is 15.7. The van der Waals surface area contributed by atoms with Crippen LogP contribution in [0.2, 0.25) is 0 Å². The van der Waals surface area contributed by atoms with Crippen LogP contribution in [0.3, 0.4) is 0 Å². The Hall–Kier alpha value is -5.08. The molecular weight excluding hydrogens is 532 g/mol. The maximum Gasteiger partial charge on any atom is 0.0548 e. The third-order valence-corrected chi connectivity index (χ3v) is 9.10. The number of H-pyrrole nitrogens is 1. The molecule has 2 nitrogen and oxygen atoms in total. The molecule has 0 fully saturated rings. The number of nitrogens with one attached hydrogen (secondary N) is 1. The van der Waals surface area contributed by atoms with E-state index in [9.17, 15) is 0 Å². The highest BCUT2D eigenvalue weighted by Gasteiger charge is 2.21. The number of hydrogen-bond donors (Lipinski definition) is 1. The van der Waals surface area contributed by atoms with Crippen molar-refractivity contribution in [3.8, 4) is 16.8 Å². The molecule has 2 heterocycles. The topological polar surface area (TPSA) is 20.7 Å². The van der Waals surface area contributed by atoms with Crippen LogP contribution >= 0.6 is 0 Å². The van der Waals surface area contributed by atoms with E-state index < -0.39 is 0 Å². The summed E-state index contributed by atoms with van der Waals surface area (Å²) in [6.07, 6.45) is 1.11. The lowest BCUT2D eigenvalue weighted by Crippen LogP contribution is -1.97. The Labute approximate surface area is 259 Å². The number of rotatable bonds is 4. The smallest absolute Gasteiger partial charge is 0.0548 e. The van der Waals surface area contributed by atoms with Crippen LogP contribution in [-0.2, 0) is 0 Å². The zero-order valence-electron chi connectivity index (χ0n) is 25.9. The first kappa shape index (κ1) is 27.7. The van der Waals surface area contributed by atoms with Crippen molar-refractivity contribution in [2.75, 3.05) is 0 Å². The van der Waals surface area contributed by atoms with E-state index in [-0.39, 0.29) is 0 Å². The third kappa shape index (κ3) is 4.77. The molecule has 44 heavy (non-hydrogen) atoms. The number of para-hydroxylation sites is 2. The molecular formula is C42H38N2. The highest BCUT2D eigenvalue weighted by Crippen LogP contribution is 2.43. The number of hydrogen-bond acceptors (Lipinski definition) is 0. The van der Waals surface area contributed by atoms with Gasteiger partial charge >= 0.3 is 0 Å². The van der Waals surface area contributed by atoms with Crippen LogP contribution in [0.1, 0.15) is 42.9 Å². The minimum Gasteiger partial charge on any atom is -0.354 e. The van der Waals surface area contributed by atoms with Gasteiger partial charge in [0.2, 0.25) is 0 Å². The largest absolute Gasteiger partial charge is 0.354 e. The molecule has 0 spiro atoms. The Morgan fingerprint density at radius 2 is 1.30 bits per heavy atom. The SMILES string of the molecule is CCC(C)c1ccc2[nH]c3cc4c5ccccc5n(-c5ccccc5)c4cc3c2c1-c1ccccc1C.Cc1ccccc1. The van der Waals surface area contributed by atoms with Crippen LogP contribution in [0.15, 0.2) is 133 Å². The highest BCUT2D eigenvalue weighted by molar-refractivity contribution is 6.21. The molecule has 0 saturated carbocycles. The van der Waals surface area contributed by atoms with E-state index in [0.717, 1.165) is 6.42 Å². The van der Waals surface area contributed by atoms with Gasteiger partial charge in [-0.2, -0.15) is 0 Å². The Morgan fingerprint density at radius 3 is 2.00 bits per heavy atom. The second-order valence-corrected chi connectivity index (χ2v) is 12.0. The van der Waals surface area contributed by atoms with Gasteiger partial charge in [0.25, 0.3) is 0 Å². The van der Waals surface area contributed by atoms with E-state index in [1.807, 2.05) is 18.2 Å². The van der Waals surface area contributed by atoms with E-state index in [4.69, 9.17) is 0 Å². The van der Waals surface area contributed by atoms with Crippen LogP contribution in [0, 0.1) is 13.8 Å². The van der Waals surface area contributed by atoms with Crippen molar-refractivity contribution in [3.05, 3.63) is 150 Å². The quantitative estimate of drug-likeness (QED) is 0.217. The summed E-state index contributed by atoms with van der Waals surface area (Å²) in [7, 11) is 0. The summed E-state index contributed by atoms with van der Waals surface area (Å²) in [5.41, 5.74) is 12.8. The van der Waals surface area contributed by atoms with Crippen LogP contribution < -0.4 is 0 Å². The van der Waals surface area contributed by atoms with Crippen molar-refractivity contribution in [2.24, 2.45) is 0 Å². The molecule has 0 saturated heterocycles. The second kappa shape index (κ2) is 11.5. The van der Waals surface area contributed by atoms with Gasteiger partial charge in [-0.3, -0.25) is 0 Å². The van der Waals surface area contributed by atoms with Gasteiger partial charge in [0.05, 0.1) is 11.0 Å². The van der Waals surface area contributed by atoms with E-state index in [2.05, 4.69) is 153 Å². The lowest BCUT2D eigenvalue weighted by Gasteiger charge is -2.18. The summed E-state index contributed by atoms with van der Waals surface area (Å²) >= 11 is 0. The highest BCUT2D eigenvalue weighted by atomic mass is 15.0. The van der Waals surface area contributed by atoms with Crippen LogP contribution in [-0.4, -0.2) is 9.55 Å². The van der Waals surface area contributed by atoms with E-state index >= 15 is 0 Å². The van der Waals surface area contributed by atoms with Gasteiger partial charge in [-0.25, -0.2) is 0 Å². The molecule has 1 N–H and O–H groups in total. The van der Waals surface area contributed by atoms with Crippen molar-refractivity contribution in [3.63, 3.8) is 0 Å². The Balaban J connectivity index is 0.000000396. The first-order valence-corrected chi connectivity index (χ1v) is 15.7. The van der Waals surface area contributed by atoms with E-state index in [0.29, 0.717) is 5.92 Å². The fourth-order valence-electron chi connectivity index (χ4n) is 6.64. The molecule has 6 aromatic carbocycles. The number of aryl methyl sites for hydroxylation is 2. The van der Waals surface area contributed by atoms with Gasteiger partial charge in [-0.05, 0) is 84.8 Å². The number of nitrogens with zero attached hydrogens (tertiary/aromatic N) is 1. The van der Waals surface area contributed by atoms with Gasteiger partial charge < -0.3 is 9.55 Å². The molecule has 2 heteroatoms. The van der Waals surface area contributed by atoms with Gasteiger partial charge in [0.15, 0.2) is 0 Å². The molecule has 2 aromatic heterocycles.